The predicted octanol–water partition coefficient (Wildman–Crippen LogP) is 4.51. The molecule has 0 saturated carbocycles. The van der Waals surface area contributed by atoms with Crippen LogP contribution in [0.5, 0.6) is 11.5 Å². The molecule has 0 aliphatic heterocycles. The van der Waals surface area contributed by atoms with Gasteiger partial charge in [0.05, 0.1) is 0 Å². The molecule has 0 aromatic heterocycles. The average molecular weight is 304 g/mol. The summed E-state index contributed by atoms with van der Waals surface area (Å²) in [5, 5.41) is 1.73. The highest BCUT2D eigenvalue weighted by Crippen LogP contribution is 2.33. The molecular formula is C20H16O3. The van der Waals surface area contributed by atoms with Gasteiger partial charge in [-0.25, -0.2) is 4.79 Å². The van der Waals surface area contributed by atoms with Crippen molar-refractivity contribution in [3.05, 3.63) is 84.9 Å². The van der Waals surface area contributed by atoms with E-state index in [-0.39, 0.29) is 0 Å². The number of benzene rings is 3. The predicted molar refractivity (Wildman–Crippen MR) is 90.6 cm³/mol. The lowest BCUT2D eigenvalue weighted by atomic mass is 10.1. The van der Waals surface area contributed by atoms with Crippen molar-refractivity contribution in [3.63, 3.8) is 0 Å². The standard InChI is InChI=1S/C20H16O3/c1-2-20(21)23-19-13-12-18(16-10-6-7-11-17(16)19)22-14-15-8-4-3-5-9-15/h2-13H,1,14H2. The molecule has 0 N–H and O–H groups in total. The Labute approximate surface area is 134 Å². The molecular weight excluding hydrogens is 288 g/mol. The normalized spacial score (nSPS) is 10.3. The summed E-state index contributed by atoms with van der Waals surface area (Å²) in [5.41, 5.74) is 1.10. The van der Waals surface area contributed by atoms with Crippen molar-refractivity contribution in [2.75, 3.05) is 0 Å². The first-order valence-electron chi connectivity index (χ1n) is 7.30. The maximum absolute atomic E-state index is 11.4. The molecule has 0 fully saturated rings. The van der Waals surface area contributed by atoms with E-state index in [1.807, 2.05) is 60.7 Å². The third-order valence-electron chi connectivity index (χ3n) is 3.46. The molecule has 3 heteroatoms. The summed E-state index contributed by atoms with van der Waals surface area (Å²) >= 11 is 0. The molecule has 3 aromatic rings. The molecule has 0 unspecified atom stereocenters. The van der Waals surface area contributed by atoms with E-state index in [0.717, 1.165) is 28.2 Å². The highest BCUT2D eigenvalue weighted by atomic mass is 16.5. The number of carbonyl (C=O) groups is 1. The van der Waals surface area contributed by atoms with E-state index in [0.29, 0.717) is 12.4 Å². The fourth-order valence-electron chi connectivity index (χ4n) is 2.34. The Kier molecular flexibility index (Phi) is 4.39. The molecule has 0 bridgehead atoms. The lowest BCUT2D eigenvalue weighted by molar-refractivity contribution is -0.128. The summed E-state index contributed by atoms with van der Waals surface area (Å²) < 4.78 is 11.2. The monoisotopic (exact) mass is 304 g/mol. The molecule has 0 radical (unpaired) electrons. The van der Waals surface area contributed by atoms with Crippen LogP contribution in [0.3, 0.4) is 0 Å². The van der Waals surface area contributed by atoms with Gasteiger partial charge in [-0.05, 0) is 17.7 Å². The van der Waals surface area contributed by atoms with Gasteiger partial charge < -0.3 is 9.47 Å². The number of hydrogen-bond donors (Lipinski definition) is 0. The van der Waals surface area contributed by atoms with Crippen molar-refractivity contribution >= 4 is 16.7 Å². The van der Waals surface area contributed by atoms with Gasteiger partial charge in [-0.3, -0.25) is 0 Å². The van der Waals surface area contributed by atoms with Crippen LogP contribution in [0.4, 0.5) is 0 Å². The smallest absolute Gasteiger partial charge is 0.335 e. The van der Waals surface area contributed by atoms with Crippen LogP contribution < -0.4 is 9.47 Å². The second-order valence-corrected chi connectivity index (χ2v) is 5.01. The molecule has 0 saturated heterocycles. The van der Waals surface area contributed by atoms with Crippen molar-refractivity contribution in [3.8, 4) is 11.5 Å². The Morgan fingerprint density at radius 3 is 2.17 bits per heavy atom. The van der Waals surface area contributed by atoms with Crippen LogP contribution in [0.25, 0.3) is 10.8 Å². The van der Waals surface area contributed by atoms with Crippen LogP contribution in [-0.4, -0.2) is 5.97 Å². The summed E-state index contributed by atoms with van der Waals surface area (Å²) in [6.07, 6.45) is 1.15. The number of esters is 1. The van der Waals surface area contributed by atoms with E-state index < -0.39 is 5.97 Å². The van der Waals surface area contributed by atoms with Gasteiger partial charge in [0.15, 0.2) is 0 Å². The number of hydrogen-bond acceptors (Lipinski definition) is 3. The van der Waals surface area contributed by atoms with E-state index >= 15 is 0 Å². The molecule has 3 rings (SSSR count). The van der Waals surface area contributed by atoms with Gasteiger partial charge in [0.2, 0.25) is 0 Å². The second kappa shape index (κ2) is 6.79. The van der Waals surface area contributed by atoms with E-state index in [4.69, 9.17) is 9.47 Å². The van der Waals surface area contributed by atoms with Gasteiger partial charge in [-0.15, -0.1) is 0 Å². The van der Waals surface area contributed by atoms with Gasteiger partial charge in [0.25, 0.3) is 0 Å². The van der Waals surface area contributed by atoms with Crippen molar-refractivity contribution in [2.45, 2.75) is 6.61 Å². The minimum Gasteiger partial charge on any atom is -0.488 e. The zero-order valence-electron chi connectivity index (χ0n) is 12.6. The van der Waals surface area contributed by atoms with Crippen LogP contribution >= 0.6 is 0 Å². The SMILES string of the molecule is C=CC(=O)Oc1ccc(OCc2ccccc2)c2ccccc12. The van der Waals surface area contributed by atoms with Crippen LogP contribution in [0, 0.1) is 0 Å². The largest absolute Gasteiger partial charge is 0.488 e. The molecule has 0 heterocycles. The number of rotatable bonds is 5. The lowest BCUT2D eigenvalue weighted by Gasteiger charge is -2.12. The fraction of sp³-hybridized carbons (Fsp3) is 0.0500. The van der Waals surface area contributed by atoms with Gasteiger partial charge in [-0.1, -0.05) is 61.2 Å². The van der Waals surface area contributed by atoms with Crippen molar-refractivity contribution in [1.82, 2.24) is 0 Å². The van der Waals surface area contributed by atoms with Crippen LogP contribution in [0.2, 0.25) is 0 Å². The molecule has 0 amide bonds. The molecule has 114 valence electrons. The number of carbonyl (C=O) groups excluding carboxylic acids is 1. The van der Waals surface area contributed by atoms with Gasteiger partial charge in [-0.2, -0.15) is 0 Å². The van der Waals surface area contributed by atoms with Gasteiger partial charge >= 0.3 is 5.97 Å². The Bertz CT molecular complexity index is 838. The molecule has 0 aliphatic carbocycles. The molecule has 3 nitrogen and oxygen atoms in total. The first kappa shape index (κ1) is 14.9. The van der Waals surface area contributed by atoms with Crippen LogP contribution in [-0.2, 0) is 11.4 Å². The zero-order chi connectivity index (χ0) is 16.1. The van der Waals surface area contributed by atoms with E-state index in [1.54, 1.807) is 6.07 Å². The van der Waals surface area contributed by atoms with Gasteiger partial charge in [0.1, 0.15) is 18.1 Å². The Hall–Kier alpha value is -3.07. The van der Waals surface area contributed by atoms with Crippen LogP contribution in [0.1, 0.15) is 5.56 Å². The summed E-state index contributed by atoms with van der Waals surface area (Å²) in [7, 11) is 0. The minimum absolute atomic E-state index is 0.479. The maximum Gasteiger partial charge on any atom is 0.335 e. The van der Waals surface area contributed by atoms with E-state index in [1.165, 1.54) is 0 Å². The first-order valence-corrected chi connectivity index (χ1v) is 7.30. The quantitative estimate of drug-likeness (QED) is 0.395. The molecule has 23 heavy (non-hydrogen) atoms. The van der Waals surface area contributed by atoms with Crippen molar-refractivity contribution < 1.29 is 14.3 Å². The first-order chi connectivity index (χ1) is 11.3. The summed E-state index contributed by atoms with van der Waals surface area (Å²) in [6.45, 7) is 3.90. The summed E-state index contributed by atoms with van der Waals surface area (Å²) in [5.74, 6) is 0.772. The molecule has 0 spiro atoms. The van der Waals surface area contributed by atoms with E-state index in [9.17, 15) is 4.79 Å². The molecule has 0 atom stereocenters. The summed E-state index contributed by atoms with van der Waals surface area (Å²) in [4.78, 5) is 11.4. The van der Waals surface area contributed by atoms with E-state index in [2.05, 4.69) is 6.58 Å². The minimum atomic E-state index is -0.479. The number of ether oxygens (including phenoxy) is 2. The Morgan fingerprint density at radius 2 is 1.48 bits per heavy atom. The zero-order valence-corrected chi connectivity index (χ0v) is 12.6. The Morgan fingerprint density at radius 1 is 0.870 bits per heavy atom. The van der Waals surface area contributed by atoms with Crippen molar-refractivity contribution in [2.24, 2.45) is 0 Å². The summed E-state index contributed by atoms with van der Waals surface area (Å²) in [6, 6.07) is 21.2. The molecule has 3 aromatic carbocycles. The highest BCUT2D eigenvalue weighted by molar-refractivity contribution is 5.95. The highest BCUT2D eigenvalue weighted by Gasteiger charge is 2.10. The third-order valence-corrected chi connectivity index (χ3v) is 3.46. The fourth-order valence-corrected chi connectivity index (χ4v) is 2.34. The number of fused-ring (bicyclic) bond motifs is 1. The Balaban J connectivity index is 1.91. The van der Waals surface area contributed by atoms with Crippen LogP contribution in [0.15, 0.2) is 79.4 Å². The maximum atomic E-state index is 11.4. The lowest BCUT2D eigenvalue weighted by Crippen LogP contribution is -2.04. The van der Waals surface area contributed by atoms with Gasteiger partial charge in [0, 0.05) is 16.8 Å². The second-order valence-electron chi connectivity index (χ2n) is 5.01. The van der Waals surface area contributed by atoms with Crippen molar-refractivity contribution in [1.29, 1.82) is 0 Å². The average Bonchev–Trinajstić information content (AvgIpc) is 2.62. The molecule has 0 aliphatic rings. The topological polar surface area (TPSA) is 35.5 Å². The third kappa shape index (κ3) is 3.40.